The Morgan fingerprint density at radius 3 is 2.80 bits per heavy atom. The third kappa shape index (κ3) is 2.36. The van der Waals surface area contributed by atoms with Gasteiger partial charge in [0.05, 0.1) is 11.9 Å². The van der Waals surface area contributed by atoms with E-state index in [0.29, 0.717) is 5.56 Å². The molecule has 0 aliphatic carbocycles. The maximum absolute atomic E-state index is 10.4. The summed E-state index contributed by atoms with van der Waals surface area (Å²) in [6.07, 6.45) is 2.90. The molecule has 0 aliphatic heterocycles. The zero-order chi connectivity index (χ0) is 7.61. The Bertz CT molecular complexity index is 291. The van der Waals surface area contributed by atoms with E-state index in [-0.39, 0.29) is 5.75 Å². The van der Waals surface area contributed by atoms with Crippen LogP contribution < -0.4 is 0 Å². The van der Waals surface area contributed by atoms with Gasteiger partial charge in [0.1, 0.15) is 0 Å². The van der Waals surface area contributed by atoms with Crippen LogP contribution in [0.25, 0.3) is 0 Å². The molecule has 0 aromatic carbocycles. The van der Waals surface area contributed by atoms with E-state index in [4.69, 9.17) is 10.7 Å². The van der Waals surface area contributed by atoms with Crippen LogP contribution in [0.2, 0.25) is 0 Å². The van der Waals surface area contributed by atoms with Gasteiger partial charge in [-0.25, -0.2) is 8.42 Å². The summed E-state index contributed by atoms with van der Waals surface area (Å²) >= 11 is 0. The summed E-state index contributed by atoms with van der Waals surface area (Å²) in [7, 11) is 1.52. The summed E-state index contributed by atoms with van der Waals surface area (Å²) in [6.45, 7) is 0. The number of hydrogen-bond donors (Lipinski definition) is 1. The maximum atomic E-state index is 10.4. The molecule has 0 unspecified atom stereocenters. The van der Waals surface area contributed by atoms with Crippen molar-refractivity contribution in [2.75, 3.05) is 0 Å². The highest BCUT2D eigenvalue weighted by molar-refractivity contribution is 8.13. The fraction of sp³-hybridized carbons (Fsp3) is 0.250. The molecule has 1 rings (SSSR count). The molecule has 1 heterocycles. The van der Waals surface area contributed by atoms with Crippen molar-refractivity contribution >= 4 is 19.7 Å². The largest absolute Gasteiger partial charge is 0.285 e. The first-order chi connectivity index (χ1) is 4.58. The molecule has 0 atom stereocenters. The molecule has 0 bridgehead atoms. The number of nitrogens with one attached hydrogen (secondary N) is 1. The highest BCUT2D eigenvalue weighted by Gasteiger charge is 2.06. The molecular weight excluding hydrogens is 176 g/mol. The average Bonchev–Trinajstić information content (AvgIpc) is 2.12. The SMILES string of the molecule is O=S(=O)(Cl)Cc1cn[nH]c1. The standard InChI is InChI=1S/C4H5ClN2O2S/c5-10(8,9)3-4-1-6-7-2-4/h1-2H,3H2,(H,6,7). The van der Waals surface area contributed by atoms with Crippen LogP contribution in [-0.2, 0) is 14.8 Å². The molecule has 1 aromatic heterocycles. The van der Waals surface area contributed by atoms with Gasteiger partial charge in [0.25, 0.3) is 0 Å². The molecule has 1 aromatic rings. The van der Waals surface area contributed by atoms with Gasteiger partial charge in [-0.3, -0.25) is 5.10 Å². The Kier molecular flexibility index (Phi) is 1.96. The summed E-state index contributed by atoms with van der Waals surface area (Å²) in [5, 5.41) is 6.04. The summed E-state index contributed by atoms with van der Waals surface area (Å²) in [5.74, 6) is -0.176. The third-order valence-corrected chi connectivity index (χ3v) is 1.90. The lowest BCUT2D eigenvalue weighted by molar-refractivity contribution is 0.609. The zero-order valence-corrected chi connectivity index (χ0v) is 6.48. The molecule has 0 saturated carbocycles. The predicted molar refractivity (Wildman–Crippen MR) is 37.1 cm³/mol. The highest BCUT2D eigenvalue weighted by Crippen LogP contribution is 2.06. The van der Waals surface area contributed by atoms with E-state index in [9.17, 15) is 8.42 Å². The fourth-order valence-electron chi connectivity index (χ4n) is 0.556. The molecule has 0 spiro atoms. The predicted octanol–water partition coefficient (Wildman–Crippen LogP) is 0.478. The second-order valence-electron chi connectivity index (χ2n) is 1.79. The van der Waals surface area contributed by atoms with Gasteiger partial charge in [-0.1, -0.05) is 0 Å². The van der Waals surface area contributed by atoms with Gasteiger partial charge >= 0.3 is 0 Å². The van der Waals surface area contributed by atoms with E-state index in [1.165, 1.54) is 12.4 Å². The van der Waals surface area contributed by atoms with Gasteiger partial charge < -0.3 is 0 Å². The Balaban J connectivity index is 2.75. The Labute approximate surface area is 62.6 Å². The number of H-pyrrole nitrogens is 1. The quantitative estimate of drug-likeness (QED) is 0.674. The van der Waals surface area contributed by atoms with Crippen molar-refractivity contribution in [3.63, 3.8) is 0 Å². The Morgan fingerprint density at radius 2 is 2.40 bits per heavy atom. The molecular formula is C4H5ClN2O2S. The molecule has 0 radical (unpaired) electrons. The van der Waals surface area contributed by atoms with Crippen LogP contribution in [0.4, 0.5) is 0 Å². The first kappa shape index (κ1) is 7.56. The maximum Gasteiger partial charge on any atom is 0.236 e. The summed E-state index contributed by atoms with van der Waals surface area (Å²) < 4.78 is 20.8. The van der Waals surface area contributed by atoms with Gasteiger partial charge in [0.2, 0.25) is 9.05 Å². The van der Waals surface area contributed by atoms with Gasteiger partial charge in [-0.15, -0.1) is 0 Å². The normalized spacial score (nSPS) is 11.7. The van der Waals surface area contributed by atoms with Crippen molar-refractivity contribution in [1.82, 2.24) is 10.2 Å². The average molecular weight is 181 g/mol. The Morgan fingerprint density at radius 1 is 1.70 bits per heavy atom. The van der Waals surface area contributed by atoms with Crippen molar-refractivity contribution in [2.24, 2.45) is 0 Å². The smallest absolute Gasteiger partial charge is 0.236 e. The van der Waals surface area contributed by atoms with Crippen LogP contribution in [0, 0.1) is 0 Å². The number of rotatable bonds is 2. The van der Waals surface area contributed by atoms with Crippen LogP contribution >= 0.6 is 10.7 Å². The monoisotopic (exact) mass is 180 g/mol. The van der Waals surface area contributed by atoms with Gasteiger partial charge in [-0.05, 0) is 0 Å². The molecule has 0 aliphatic rings. The molecule has 4 nitrogen and oxygen atoms in total. The molecule has 1 N–H and O–H groups in total. The number of nitrogens with zero attached hydrogens (tertiary/aromatic N) is 1. The van der Waals surface area contributed by atoms with Crippen LogP contribution in [0.15, 0.2) is 12.4 Å². The number of aromatic nitrogens is 2. The number of aromatic amines is 1. The van der Waals surface area contributed by atoms with Crippen molar-refractivity contribution in [3.05, 3.63) is 18.0 Å². The van der Waals surface area contributed by atoms with Gasteiger partial charge in [0.15, 0.2) is 0 Å². The van der Waals surface area contributed by atoms with Gasteiger partial charge in [-0.2, -0.15) is 5.10 Å². The summed E-state index contributed by atoms with van der Waals surface area (Å²) in [5.41, 5.74) is 0.565. The lowest BCUT2D eigenvalue weighted by atomic mass is 10.4. The lowest BCUT2D eigenvalue weighted by Gasteiger charge is -1.87. The molecule has 56 valence electrons. The van der Waals surface area contributed by atoms with E-state index in [2.05, 4.69) is 10.2 Å². The zero-order valence-electron chi connectivity index (χ0n) is 4.91. The topological polar surface area (TPSA) is 62.8 Å². The van der Waals surface area contributed by atoms with E-state index in [0.717, 1.165) is 0 Å². The van der Waals surface area contributed by atoms with Crippen molar-refractivity contribution in [1.29, 1.82) is 0 Å². The van der Waals surface area contributed by atoms with E-state index >= 15 is 0 Å². The van der Waals surface area contributed by atoms with Crippen molar-refractivity contribution in [3.8, 4) is 0 Å². The van der Waals surface area contributed by atoms with E-state index < -0.39 is 9.05 Å². The highest BCUT2D eigenvalue weighted by atomic mass is 35.7. The first-order valence-corrected chi connectivity index (χ1v) is 4.96. The lowest BCUT2D eigenvalue weighted by Crippen LogP contribution is -1.92. The first-order valence-electron chi connectivity index (χ1n) is 2.48. The number of halogens is 1. The van der Waals surface area contributed by atoms with Crippen molar-refractivity contribution < 1.29 is 8.42 Å². The van der Waals surface area contributed by atoms with Crippen LogP contribution in [0.5, 0.6) is 0 Å². The molecule has 6 heteroatoms. The second kappa shape index (κ2) is 2.59. The summed E-state index contributed by atoms with van der Waals surface area (Å²) in [6, 6.07) is 0. The minimum Gasteiger partial charge on any atom is -0.285 e. The Hall–Kier alpha value is -0.550. The third-order valence-electron chi connectivity index (χ3n) is 0.894. The van der Waals surface area contributed by atoms with Gasteiger partial charge in [0, 0.05) is 22.4 Å². The van der Waals surface area contributed by atoms with E-state index in [1.807, 2.05) is 0 Å². The minimum atomic E-state index is -3.43. The molecule has 10 heavy (non-hydrogen) atoms. The van der Waals surface area contributed by atoms with Crippen LogP contribution in [0.3, 0.4) is 0 Å². The molecule has 0 fully saturated rings. The molecule has 0 amide bonds. The van der Waals surface area contributed by atoms with Crippen LogP contribution in [0.1, 0.15) is 5.56 Å². The fourth-order valence-corrected chi connectivity index (χ4v) is 1.49. The molecule has 0 saturated heterocycles. The van der Waals surface area contributed by atoms with Crippen LogP contribution in [-0.4, -0.2) is 18.6 Å². The second-order valence-corrected chi connectivity index (χ2v) is 4.57. The minimum absolute atomic E-state index is 0.176. The number of hydrogen-bond acceptors (Lipinski definition) is 3. The van der Waals surface area contributed by atoms with Crippen molar-refractivity contribution in [2.45, 2.75) is 5.75 Å². The van der Waals surface area contributed by atoms with E-state index in [1.54, 1.807) is 0 Å². The summed E-state index contributed by atoms with van der Waals surface area (Å²) in [4.78, 5) is 0.